The Balaban J connectivity index is 1.74. The van der Waals surface area contributed by atoms with Crippen LogP contribution in [-0.4, -0.2) is 40.0 Å². The number of carboxylic acid groups (broad SMARTS) is 1. The van der Waals surface area contributed by atoms with Crippen molar-refractivity contribution in [1.82, 2.24) is 9.88 Å². The van der Waals surface area contributed by atoms with Crippen molar-refractivity contribution in [3.8, 4) is 0 Å². The van der Waals surface area contributed by atoms with E-state index in [2.05, 4.69) is 41.9 Å². The van der Waals surface area contributed by atoms with Crippen molar-refractivity contribution >= 4 is 17.6 Å². The second-order valence-electron chi connectivity index (χ2n) is 9.76. The standard InChI is InChI=1S/C30H35N3O3/c1-22-10-11-26(23(2)17-22)20-32-15-6-4-3-5-7-16-33(29(34)25-9-8-14-31-19-25)28-13-12-24(30(35)36)18-27(28)21-32/h8-14,17-19H,3-7,15-16,20-21H2,1-2H3,(H,35,36). The molecule has 6 heteroatoms. The van der Waals surface area contributed by atoms with E-state index < -0.39 is 5.97 Å². The zero-order valence-corrected chi connectivity index (χ0v) is 21.2. The number of fused-ring (bicyclic) bond motifs is 1. The molecule has 0 saturated carbocycles. The molecule has 0 aliphatic carbocycles. The van der Waals surface area contributed by atoms with Gasteiger partial charge in [0.05, 0.1) is 11.1 Å². The van der Waals surface area contributed by atoms with Gasteiger partial charge in [0.25, 0.3) is 5.91 Å². The lowest BCUT2D eigenvalue weighted by Gasteiger charge is -2.30. The van der Waals surface area contributed by atoms with Crippen molar-refractivity contribution in [2.24, 2.45) is 0 Å². The molecule has 6 nitrogen and oxygen atoms in total. The summed E-state index contributed by atoms with van der Waals surface area (Å²) in [6.07, 6.45) is 8.58. The van der Waals surface area contributed by atoms with Gasteiger partial charge >= 0.3 is 5.97 Å². The van der Waals surface area contributed by atoms with Crippen molar-refractivity contribution in [1.29, 1.82) is 0 Å². The number of benzene rings is 2. The van der Waals surface area contributed by atoms with E-state index in [1.165, 1.54) is 16.7 Å². The van der Waals surface area contributed by atoms with Crippen LogP contribution in [0.15, 0.2) is 60.9 Å². The number of aryl methyl sites for hydroxylation is 2. The van der Waals surface area contributed by atoms with Crippen LogP contribution >= 0.6 is 0 Å². The van der Waals surface area contributed by atoms with Gasteiger partial charge in [-0.3, -0.25) is 14.7 Å². The average Bonchev–Trinajstić information content (AvgIpc) is 2.86. The van der Waals surface area contributed by atoms with Crippen molar-refractivity contribution in [3.63, 3.8) is 0 Å². The van der Waals surface area contributed by atoms with E-state index in [-0.39, 0.29) is 11.5 Å². The average molecular weight is 486 g/mol. The van der Waals surface area contributed by atoms with E-state index in [1.54, 1.807) is 42.7 Å². The van der Waals surface area contributed by atoms with Crippen LogP contribution in [0.25, 0.3) is 0 Å². The fourth-order valence-electron chi connectivity index (χ4n) is 4.94. The molecule has 1 aliphatic heterocycles. The highest BCUT2D eigenvalue weighted by Crippen LogP contribution is 2.28. The SMILES string of the molecule is Cc1ccc(CN2CCCCCCCN(C(=O)c3cccnc3)c3ccc(C(=O)O)cc3C2)c(C)c1. The zero-order valence-electron chi connectivity index (χ0n) is 21.2. The molecule has 0 bridgehead atoms. The summed E-state index contributed by atoms with van der Waals surface area (Å²) in [6, 6.07) is 15.2. The van der Waals surface area contributed by atoms with Crippen LogP contribution in [0.5, 0.6) is 0 Å². The molecule has 0 saturated heterocycles. The van der Waals surface area contributed by atoms with Crippen LogP contribution in [0.4, 0.5) is 5.69 Å². The lowest BCUT2D eigenvalue weighted by atomic mass is 10.0. The molecule has 0 spiro atoms. The maximum absolute atomic E-state index is 13.6. The number of hydrogen-bond acceptors (Lipinski definition) is 4. The van der Waals surface area contributed by atoms with Gasteiger partial charge in [0.2, 0.25) is 0 Å². The summed E-state index contributed by atoms with van der Waals surface area (Å²) in [5.74, 6) is -1.07. The number of aromatic nitrogens is 1. The Morgan fingerprint density at radius 1 is 0.917 bits per heavy atom. The van der Waals surface area contributed by atoms with Crippen molar-refractivity contribution in [2.45, 2.75) is 59.0 Å². The van der Waals surface area contributed by atoms with Crippen molar-refractivity contribution < 1.29 is 14.7 Å². The first-order chi connectivity index (χ1) is 17.4. The fraction of sp³-hybridized carbons (Fsp3) is 0.367. The molecular formula is C30H35N3O3. The molecule has 1 amide bonds. The third kappa shape index (κ3) is 6.38. The Labute approximate surface area is 213 Å². The lowest BCUT2D eigenvalue weighted by molar-refractivity contribution is 0.0696. The predicted molar refractivity (Wildman–Crippen MR) is 142 cm³/mol. The van der Waals surface area contributed by atoms with Gasteiger partial charge in [-0.05, 0) is 80.3 Å². The molecule has 1 N–H and O–H groups in total. The van der Waals surface area contributed by atoms with E-state index in [1.807, 2.05) is 4.90 Å². The Kier molecular flexibility index (Phi) is 8.49. The second kappa shape index (κ2) is 12.0. The third-order valence-electron chi connectivity index (χ3n) is 6.91. The molecule has 0 atom stereocenters. The van der Waals surface area contributed by atoms with Gasteiger partial charge in [-0.2, -0.15) is 0 Å². The van der Waals surface area contributed by atoms with E-state index in [9.17, 15) is 14.7 Å². The molecule has 2 aromatic carbocycles. The minimum atomic E-state index is -0.963. The topological polar surface area (TPSA) is 73.7 Å². The number of carboxylic acids is 1. The number of hydrogen-bond donors (Lipinski definition) is 1. The van der Waals surface area contributed by atoms with Gasteiger partial charge in [0.1, 0.15) is 0 Å². The first kappa shape index (κ1) is 25.6. The minimum Gasteiger partial charge on any atom is -0.478 e. The number of pyridine rings is 1. The van der Waals surface area contributed by atoms with E-state index in [4.69, 9.17) is 0 Å². The first-order valence-corrected chi connectivity index (χ1v) is 12.8. The number of carbonyl (C=O) groups excluding carboxylic acids is 1. The van der Waals surface area contributed by atoms with Crippen LogP contribution in [0.3, 0.4) is 0 Å². The third-order valence-corrected chi connectivity index (χ3v) is 6.91. The molecule has 1 aromatic heterocycles. The molecule has 3 aromatic rings. The molecular weight excluding hydrogens is 450 g/mol. The van der Waals surface area contributed by atoms with Crippen LogP contribution < -0.4 is 4.90 Å². The van der Waals surface area contributed by atoms with Gasteiger partial charge in [0, 0.05) is 37.7 Å². The van der Waals surface area contributed by atoms with Gasteiger partial charge in [-0.15, -0.1) is 0 Å². The highest BCUT2D eigenvalue weighted by molar-refractivity contribution is 6.06. The molecule has 2 heterocycles. The number of carbonyl (C=O) groups is 2. The highest BCUT2D eigenvalue weighted by atomic mass is 16.4. The summed E-state index contributed by atoms with van der Waals surface area (Å²) in [5, 5.41) is 9.71. The predicted octanol–water partition coefficient (Wildman–Crippen LogP) is 6.01. The lowest BCUT2D eigenvalue weighted by Crippen LogP contribution is -2.34. The highest BCUT2D eigenvalue weighted by Gasteiger charge is 2.23. The van der Waals surface area contributed by atoms with E-state index in [0.717, 1.165) is 56.4 Å². The van der Waals surface area contributed by atoms with Crippen LogP contribution in [0.2, 0.25) is 0 Å². The van der Waals surface area contributed by atoms with Crippen LogP contribution in [0.1, 0.15) is 75.1 Å². The number of aromatic carboxylic acids is 1. The fourth-order valence-corrected chi connectivity index (χ4v) is 4.94. The first-order valence-electron chi connectivity index (χ1n) is 12.8. The number of anilines is 1. The second-order valence-corrected chi connectivity index (χ2v) is 9.76. The van der Waals surface area contributed by atoms with Crippen LogP contribution in [-0.2, 0) is 13.1 Å². The maximum atomic E-state index is 13.6. The largest absolute Gasteiger partial charge is 0.478 e. The van der Waals surface area contributed by atoms with Crippen molar-refractivity contribution in [3.05, 3.63) is 94.3 Å². The summed E-state index contributed by atoms with van der Waals surface area (Å²) in [4.78, 5) is 33.8. The minimum absolute atomic E-state index is 0.106. The summed E-state index contributed by atoms with van der Waals surface area (Å²) in [7, 11) is 0. The summed E-state index contributed by atoms with van der Waals surface area (Å²) >= 11 is 0. The number of rotatable bonds is 4. The Hall–Kier alpha value is -3.51. The Morgan fingerprint density at radius 2 is 1.69 bits per heavy atom. The van der Waals surface area contributed by atoms with Crippen molar-refractivity contribution in [2.75, 3.05) is 18.0 Å². The van der Waals surface area contributed by atoms with Gasteiger partial charge < -0.3 is 10.0 Å². The normalized spacial score (nSPS) is 15.4. The van der Waals surface area contributed by atoms with Gasteiger partial charge in [0.15, 0.2) is 0 Å². The summed E-state index contributed by atoms with van der Waals surface area (Å²) in [5.41, 5.74) is 6.18. The zero-order chi connectivity index (χ0) is 25.5. The van der Waals surface area contributed by atoms with E-state index >= 15 is 0 Å². The Bertz CT molecular complexity index is 1210. The van der Waals surface area contributed by atoms with E-state index in [0.29, 0.717) is 18.7 Å². The molecule has 4 rings (SSSR count). The summed E-state index contributed by atoms with van der Waals surface area (Å²) in [6.45, 7) is 7.10. The number of nitrogens with zero attached hydrogens (tertiary/aromatic N) is 3. The van der Waals surface area contributed by atoms with Crippen LogP contribution in [0, 0.1) is 13.8 Å². The molecule has 188 valence electrons. The molecule has 0 unspecified atom stereocenters. The summed E-state index contributed by atoms with van der Waals surface area (Å²) < 4.78 is 0. The smallest absolute Gasteiger partial charge is 0.335 e. The number of amides is 1. The quantitative estimate of drug-likeness (QED) is 0.490. The molecule has 1 aliphatic rings. The van der Waals surface area contributed by atoms with Gasteiger partial charge in [-0.25, -0.2) is 4.79 Å². The van der Waals surface area contributed by atoms with Gasteiger partial charge in [-0.1, -0.05) is 43.0 Å². The maximum Gasteiger partial charge on any atom is 0.335 e. The molecule has 0 fully saturated rings. The molecule has 36 heavy (non-hydrogen) atoms. The molecule has 0 radical (unpaired) electrons. The Morgan fingerprint density at radius 3 is 2.42 bits per heavy atom. The monoisotopic (exact) mass is 485 g/mol.